The van der Waals surface area contributed by atoms with Gasteiger partial charge in [0.2, 0.25) is 0 Å². The second-order valence-electron chi connectivity index (χ2n) is 7.26. The predicted molar refractivity (Wildman–Crippen MR) is 114 cm³/mol. The molecular weight excluding hydrogens is 360 g/mol. The van der Waals surface area contributed by atoms with Crippen molar-refractivity contribution in [1.29, 1.82) is 0 Å². The van der Waals surface area contributed by atoms with Crippen LogP contribution < -0.4 is 0 Å². The summed E-state index contributed by atoms with van der Waals surface area (Å²) in [6.07, 6.45) is 0. The summed E-state index contributed by atoms with van der Waals surface area (Å²) in [7, 11) is 0. The lowest BCUT2D eigenvalue weighted by molar-refractivity contribution is 0.0444. The standard InChI is InChI=1S/C26H14O3/c27-25-22-14-21-18-10-4-2-7-16(18)12-13-20(21)23(24(22)26(28)29-25)19-11-5-8-15-6-1-3-9-17(15)19/h1-14H. The Morgan fingerprint density at radius 1 is 0.483 bits per heavy atom. The maximum Gasteiger partial charge on any atom is 0.347 e. The van der Waals surface area contributed by atoms with Crippen molar-refractivity contribution in [2.45, 2.75) is 0 Å². The van der Waals surface area contributed by atoms with Gasteiger partial charge in [-0.2, -0.15) is 0 Å². The third-order valence-electron chi connectivity index (χ3n) is 5.72. The number of hydrogen-bond donors (Lipinski definition) is 0. The van der Waals surface area contributed by atoms with E-state index in [1.165, 1.54) is 0 Å². The highest BCUT2D eigenvalue weighted by atomic mass is 16.6. The Kier molecular flexibility index (Phi) is 3.18. The molecule has 0 bridgehead atoms. The molecule has 0 spiro atoms. The molecule has 29 heavy (non-hydrogen) atoms. The van der Waals surface area contributed by atoms with Crippen LogP contribution in [0.4, 0.5) is 0 Å². The van der Waals surface area contributed by atoms with Crippen molar-refractivity contribution in [2.75, 3.05) is 0 Å². The topological polar surface area (TPSA) is 43.4 Å². The smallest absolute Gasteiger partial charge is 0.347 e. The molecule has 1 heterocycles. The van der Waals surface area contributed by atoms with Crippen molar-refractivity contribution in [3.63, 3.8) is 0 Å². The first-order valence-electron chi connectivity index (χ1n) is 9.45. The van der Waals surface area contributed by atoms with E-state index in [0.29, 0.717) is 11.1 Å². The zero-order valence-electron chi connectivity index (χ0n) is 15.3. The molecule has 1 aliphatic heterocycles. The number of ether oxygens (including phenoxy) is 1. The molecule has 0 amide bonds. The average molecular weight is 374 g/mol. The lowest BCUT2D eigenvalue weighted by Gasteiger charge is -2.14. The molecule has 0 fully saturated rings. The lowest BCUT2D eigenvalue weighted by atomic mass is 9.86. The number of carbonyl (C=O) groups is 2. The van der Waals surface area contributed by atoms with Gasteiger partial charge in [0.05, 0.1) is 11.1 Å². The zero-order valence-corrected chi connectivity index (χ0v) is 15.3. The largest absolute Gasteiger partial charge is 0.386 e. The van der Waals surface area contributed by atoms with E-state index in [2.05, 4.69) is 6.07 Å². The molecule has 0 N–H and O–H groups in total. The van der Waals surface area contributed by atoms with Gasteiger partial charge in [0.15, 0.2) is 0 Å². The van der Waals surface area contributed by atoms with Crippen LogP contribution in [0.25, 0.3) is 43.4 Å². The van der Waals surface area contributed by atoms with Gasteiger partial charge in [0.25, 0.3) is 0 Å². The molecule has 0 radical (unpaired) electrons. The molecule has 0 unspecified atom stereocenters. The lowest BCUT2D eigenvalue weighted by Crippen LogP contribution is -1.99. The third-order valence-corrected chi connectivity index (χ3v) is 5.72. The Labute approximate surface area is 166 Å². The number of esters is 2. The number of benzene rings is 5. The van der Waals surface area contributed by atoms with Crippen LogP contribution in [-0.4, -0.2) is 11.9 Å². The van der Waals surface area contributed by atoms with Gasteiger partial charge in [-0.05, 0) is 43.9 Å². The van der Waals surface area contributed by atoms with Gasteiger partial charge in [-0.15, -0.1) is 0 Å². The molecule has 0 saturated heterocycles. The number of fused-ring (bicyclic) bond motifs is 5. The molecule has 1 aliphatic rings. The fourth-order valence-corrected chi connectivity index (χ4v) is 4.44. The van der Waals surface area contributed by atoms with Crippen LogP contribution in [0.15, 0.2) is 84.9 Å². The van der Waals surface area contributed by atoms with Crippen LogP contribution in [0.3, 0.4) is 0 Å². The van der Waals surface area contributed by atoms with Crippen LogP contribution in [0, 0.1) is 0 Å². The number of hydrogen-bond acceptors (Lipinski definition) is 3. The molecular formula is C26H14O3. The minimum atomic E-state index is -0.582. The maximum atomic E-state index is 12.7. The van der Waals surface area contributed by atoms with Crippen LogP contribution in [-0.2, 0) is 4.74 Å². The van der Waals surface area contributed by atoms with E-state index in [9.17, 15) is 9.59 Å². The summed E-state index contributed by atoms with van der Waals surface area (Å²) >= 11 is 0. The SMILES string of the molecule is O=C1OC(=O)c2c1cc1c(ccc3ccccc31)c2-c1cccc2ccccc12. The Bertz CT molecular complexity index is 1510. The van der Waals surface area contributed by atoms with Crippen molar-refractivity contribution in [3.8, 4) is 11.1 Å². The van der Waals surface area contributed by atoms with Gasteiger partial charge < -0.3 is 4.74 Å². The van der Waals surface area contributed by atoms with Crippen LogP contribution in [0.2, 0.25) is 0 Å². The Balaban J connectivity index is 1.87. The van der Waals surface area contributed by atoms with E-state index in [1.807, 2.05) is 72.8 Å². The Morgan fingerprint density at radius 2 is 1.17 bits per heavy atom. The summed E-state index contributed by atoms with van der Waals surface area (Å²) in [5.41, 5.74) is 2.37. The fourth-order valence-electron chi connectivity index (χ4n) is 4.44. The summed E-state index contributed by atoms with van der Waals surface area (Å²) in [6.45, 7) is 0. The first kappa shape index (κ1) is 16.0. The van der Waals surface area contributed by atoms with Crippen molar-refractivity contribution >= 4 is 44.3 Å². The monoisotopic (exact) mass is 374 g/mol. The maximum absolute atomic E-state index is 12.7. The Morgan fingerprint density at radius 3 is 2.00 bits per heavy atom. The summed E-state index contributed by atoms with van der Waals surface area (Å²) in [5.74, 6) is -1.16. The van der Waals surface area contributed by atoms with Crippen molar-refractivity contribution in [1.82, 2.24) is 0 Å². The first-order valence-corrected chi connectivity index (χ1v) is 9.45. The number of cyclic esters (lactones) is 2. The first-order chi connectivity index (χ1) is 14.2. The zero-order chi connectivity index (χ0) is 19.5. The highest BCUT2D eigenvalue weighted by molar-refractivity contribution is 6.26. The van der Waals surface area contributed by atoms with Crippen molar-refractivity contribution in [2.24, 2.45) is 0 Å². The van der Waals surface area contributed by atoms with Crippen LogP contribution >= 0.6 is 0 Å². The molecule has 0 saturated carbocycles. The second-order valence-corrected chi connectivity index (χ2v) is 7.26. The van der Waals surface area contributed by atoms with Crippen molar-refractivity contribution < 1.29 is 14.3 Å². The average Bonchev–Trinajstić information content (AvgIpc) is 3.05. The van der Waals surface area contributed by atoms with Gasteiger partial charge in [0, 0.05) is 5.56 Å². The molecule has 0 aromatic heterocycles. The molecule has 3 heteroatoms. The van der Waals surface area contributed by atoms with Crippen LogP contribution in [0.1, 0.15) is 20.7 Å². The molecule has 5 aromatic rings. The number of rotatable bonds is 1. The normalized spacial score (nSPS) is 13.2. The highest BCUT2D eigenvalue weighted by Gasteiger charge is 2.34. The van der Waals surface area contributed by atoms with Crippen molar-refractivity contribution in [3.05, 3.63) is 96.1 Å². The summed E-state index contributed by atoms with van der Waals surface area (Å²) < 4.78 is 5.01. The quantitative estimate of drug-likeness (QED) is 0.202. The van der Waals surface area contributed by atoms with Gasteiger partial charge in [0.1, 0.15) is 0 Å². The third kappa shape index (κ3) is 2.18. The summed E-state index contributed by atoms with van der Waals surface area (Å²) in [5, 5.41) is 6.11. The van der Waals surface area contributed by atoms with E-state index in [1.54, 1.807) is 6.07 Å². The molecule has 3 nitrogen and oxygen atoms in total. The molecule has 5 aromatic carbocycles. The molecule has 0 atom stereocenters. The molecule has 6 rings (SSSR count). The van der Waals surface area contributed by atoms with E-state index in [0.717, 1.165) is 43.4 Å². The minimum absolute atomic E-state index is 0.335. The van der Waals surface area contributed by atoms with E-state index < -0.39 is 11.9 Å². The van der Waals surface area contributed by atoms with Gasteiger partial charge in [-0.1, -0.05) is 78.9 Å². The van der Waals surface area contributed by atoms with Gasteiger partial charge in [-0.25, -0.2) is 9.59 Å². The molecule has 0 aliphatic carbocycles. The second kappa shape index (κ2) is 5.76. The fraction of sp³-hybridized carbons (Fsp3) is 0. The van der Waals surface area contributed by atoms with Gasteiger partial charge in [-0.3, -0.25) is 0 Å². The highest BCUT2D eigenvalue weighted by Crippen LogP contribution is 2.42. The van der Waals surface area contributed by atoms with Crippen LogP contribution in [0.5, 0.6) is 0 Å². The van der Waals surface area contributed by atoms with E-state index in [4.69, 9.17) is 4.74 Å². The number of carbonyl (C=O) groups excluding carboxylic acids is 2. The predicted octanol–water partition coefficient (Wildman–Crippen LogP) is 6.12. The molecule has 136 valence electrons. The Hall–Kier alpha value is -3.98. The van der Waals surface area contributed by atoms with E-state index in [-0.39, 0.29) is 0 Å². The van der Waals surface area contributed by atoms with Gasteiger partial charge >= 0.3 is 11.9 Å². The summed E-state index contributed by atoms with van der Waals surface area (Å²) in [4.78, 5) is 25.1. The summed E-state index contributed by atoms with van der Waals surface area (Å²) in [6, 6.07) is 28.0. The van der Waals surface area contributed by atoms with E-state index >= 15 is 0 Å². The minimum Gasteiger partial charge on any atom is -0.386 e.